The smallest absolute Gasteiger partial charge is 0.308 e. The molecule has 21 heavy (non-hydrogen) atoms. The quantitative estimate of drug-likeness (QED) is 0.669. The maximum absolute atomic E-state index is 11.9. The van der Waals surface area contributed by atoms with Gasteiger partial charge in [0.05, 0.1) is 11.8 Å². The van der Waals surface area contributed by atoms with Gasteiger partial charge in [0, 0.05) is 12.1 Å². The van der Waals surface area contributed by atoms with Gasteiger partial charge in [0.2, 0.25) is 0 Å². The summed E-state index contributed by atoms with van der Waals surface area (Å²) in [6.45, 7) is 7.55. The minimum absolute atomic E-state index is 0.0886. The van der Waals surface area contributed by atoms with Crippen LogP contribution in [0.3, 0.4) is 0 Å². The van der Waals surface area contributed by atoms with Crippen LogP contribution < -0.4 is 5.32 Å². The van der Waals surface area contributed by atoms with Crippen LogP contribution in [0.4, 0.5) is 0 Å². The number of amides is 1. The van der Waals surface area contributed by atoms with Gasteiger partial charge in [0.15, 0.2) is 0 Å². The molecule has 1 amide bonds. The number of benzene rings is 1. The summed E-state index contributed by atoms with van der Waals surface area (Å²) in [5.74, 6) is -0.540. The third-order valence-corrected chi connectivity index (χ3v) is 2.92. The first-order valence-corrected chi connectivity index (χ1v) is 7.37. The van der Waals surface area contributed by atoms with Crippen molar-refractivity contribution < 1.29 is 14.3 Å². The highest BCUT2D eigenvalue weighted by Gasteiger charge is 2.16. The second kappa shape index (κ2) is 7.46. The molecule has 0 spiro atoms. The average Bonchev–Trinajstić information content (AvgIpc) is 2.36. The molecule has 116 valence electrons. The Morgan fingerprint density at radius 2 is 1.81 bits per heavy atom. The standard InChI is InChI=1S/C16H22ClNO3/c1-11(17)12-5-7-13(8-6-12)15(20)18-10-9-14(19)21-16(2,3)4/h5-8,11H,9-10H2,1-4H3,(H,18,20). The maximum atomic E-state index is 11.9. The molecule has 1 rings (SSSR count). The molecule has 1 aromatic carbocycles. The molecule has 1 N–H and O–H groups in total. The molecule has 0 aliphatic heterocycles. The fourth-order valence-electron chi connectivity index (χ4n) is 1.67. The molecule has 0 heterocycles. The first-order chi connectivity index (χ1) is 9.69. The van der Waals surface area contributed by atoms with Gasteiger partial charge in [-0.2, -0.15) is 0 Å². The Labute approximate surface area is 130 Å². The second-order valence-electron chi connectivity index (χ2n) is 5.83. The van der Waals surface area contributed by atoms with Crippen LogP contribution in [0, 0.1) is 0 Å². The Balaban J connectivity index is 2.42. The van der Waals surface area contributed by atoms with E-state index in [1.54, 1.807) is 12.1 Å². The summed E-state index contributed by atoms with van der Waals surface area (Å²) >= 11 is 5.95. The molecule has 0 saturated carbocycles. The molecule has 1 unspecified atom stereocenters. The van der Waals surface area contributed by atoms with E-state index in [9.17, 15) is 9.59 Å². The van der Waals surface area contributed by atoms with Crippen molar-refractivity contribution in [1.29, 1.82) is 0 Å². The third kappa shape index (κ3) is 6.63. The molecular weight excluding hydrogens is 290 g/mol. The van der Waals surface area contributed by atoms with Crippen molar-refractivity contribution in [1.82, 2.24) is 5.32 Å². The van der Waals surface area contributed by atoms with Crippen LogP contribution in [-0.4, -0.2) is 24.0 Å². The monoisotopic (exact) mass is 311 g/mol. The predicted molar refractivity (Wildman–Crippen MR) is 83.5 cm³/mol. The number of hydrogen-bond donors (Lipinski definition) is 1. The topological polar surface area (TPSA) is 55.4 Å². The normalized spacial score (nSPS) is 12.6. The number of alkyl halides is 1. The highest BCUT2D eigenvalue weighted by Crippen LogP contribution is 2.19. The second-order valence-corrected chi connectivity index (χ2v) is 6.49. The highest BCUT2D eigenvalue weighted by atomic mass is 35.5. The SMILES string of the molecule is CC(Cl)c1ccc(C(=O)NCCC(=O)OC(C)(C)C)cc1. The van der Waals surface area contributed by atoms with Gasteiger partial charge in [-0.3, -0.25) is 9.59 Å². The fraction of sp³-hybridized carbons (Fsp3) is 0.500. The van der Waals surface area contributed by atoms with Crippen molar-refractivity contribution >= 4 is 23.5 Å². The lowest BCUT2D eigenvalue weighted by Gasteiger charge is -2.19. The number of carbonyl (C=O) groups is 2. The molecule has 1 aromatic rings. The van der Waals surface area contributed by atoms with E-state index in [0.29, 0.717) is 5.56 Å². The van der Waals surface area contributed by atoms with Gasteiger partial charge in [-0.05, 0) is 45.4 Å². The molecule has 0 radical (unpaired) electrons. The molecule has 5 heteroatoms. The summed E-state index contributed by atoms with van der Waals surface area (Å²) in [5.41, 5.74) is 0.997. The van der Waals surface area contributed by atoms with Crippen molar-refractivity contribution in [3.05, 3.63) is 35.4 Å². The zero-order valence-electron chi connectivity index (χ0n) is 12.9. The van der Waals surface area contributed by atoms with Crippen molar-refractivity contribution in [3.8, 4) is 0 Å². The van der Waals surface area contributed by atoms with Gasteiger partial charge >= 0.3 is 5.97 Å². The largest absolute Gasteiger partial charge is 0.460 e. The van der Waals surface area contributed by atoms with Gasteiger partial charge in [0.25, 0.3) is 5.91 Å². The zero-order valence-corrected chi connectivity index (χ0v) is 13.7. The van der Waals surface area contributed by atoms with Crippen LogP contribution >= 0.6 is 11.6 Å². The summed E-state index contributed by atoms with van der Waals surface area (Å²) in [7, 11) is 0. The number of ether oxygens (including phenoxy) is 1. The number of hydrogen-bond acceptors (Lipinski definition) is 3. The van der Waals surface area contributed by atoms with E-state index in [1.807, 2.05) is 39.8 Å². The Morgan fingerprint density at radius 1 is 1.24 bits per heavy atom. The maximum Gasteiger partial charge on any atom is 0.308 e. The lowest BCUT2D eigenvalue weighted by molar-refractivity contribution is -0.154. The van der Waals surface area contributed by atoms with Gasteiger partial charge < -0.3 is 10.1 Å². The number of nitrogens with one attached hydrogen (secondary N) is 1. The van der Waals surface area contributed by atoms with E-state index in [4.69, 9.17) is 16.3 Å². The van der Waals surface area contributed by atoms with Crippen molar-refractivity contribution in [2.75, 3.05) is 6.54 Å². The molecule has 0 aliphatic rings. The molecule has 0 saturated heterocycles. The van der Waals surface area contributed by atoms with E-state index >= 15 is 0 Å². The van der Waals surface area contributed by atoms with E-state index in [-0.39, 0.29) is 30.2 Å². The van der Waals surface area contributed by atoms with Gasteiger partial charge in [0.1, 0.15) is 5.60 Å². The van der Waals surface area contributed by atoms with Crippen LogP contribution in [0.15, 0.2) is 24.3 Å². The van der Waals surface area contributed by atoms with Crippen LogP contribution in [-0.2, 0) is 9.53 Å². The van der Waals surface area contributed by atoms with E-state index in [2.05, 4.69) is 5.32 Å². The number of halogens is 1. The third-order valence-electron chi connectivity index (χ3n) is 2.67. The molecular formula is C16H22ClNO3. The highest BCUT2D eigenvalue weighted by molar-refractivity contribution is 6.20. The van der Waals surface area contributed by atoms with Crippen molar-refractivity contribution in [3.63, 3.8) is 0 Å². The van der Waals surface area contributed by atoms with Crippen LogP contribution in [0.2, 0.25) is 0 Å². The van der Waals surface area contributed by atoms with Gasteiger partial charge in [-0.25, -0.2) is 0 Å². The molecule has 0 fully saturated rings. The summed E-state index contributed by atoms with van der Waals surface area (Å²) in [6.07, 6.45) is 0.153. The Bertz CT molecular complexity index is 489. The van der Waals surface area contributed by atoms with Crippen molar-refractivity contribution in [2.24, 2.45) is 0 Å². The number of rotatable bonds is 5. The van der Waals surface area contributed by atoms with Gasteiger partial charge in [-0.15, -0.1) is 11.6 Å². The minimum Gasteiger partial charge on any atom is -0.460 e. The average molecular weight is 312 g/mol. The van der Waals surface area contributed by atoms with Crippen LogP contribution in [0.25, 0.3) is 0 Å². The summed E-state index contributed by atoms with van der Waals surface area (Å²) < 4.78 is 5.16. The number of carbonyl (C=O) groups excluding carboxylic acids is 2. The Morgan fingerprint density at radius 3 is 2.29 bits per heavy atom. The first-order valence-electron chi connectivity index (χ1n) is 6.93. The number of esters is 1. The molecule has 1 atom stereocenters. The molecule has 4 nitrogen and oxygen atoms in total. The van der Waals surface area contributed by atoms with E-state index in [1.165, 1.54) is 0 Å². The lowest BCUT2D eigenvalue weighted by atomic mass is 10.1. The summed E-state index contributed by atoms with van der Waals surface area (Å²) in [5, 5.41) is 2.60. The molecule has 0 aromatic heterocycles. The van der Waals surface area contributed by atoms with E-state index < -0.39 is 5.60 Å². The van der Waals surface area contributed by atoms with Crippen LogP contribution in [0.5, 0.6) is 0 Å². The van der Waals surface area contributed by atoms with E-state index in [0.717, 1.165) is 5.56 Å². The Kier molecular flexibility index (Phi) is 6.21. The molecule has 0 bridgehead atoms. The van der Waals surface area contributed by atoms with Crippen molar-refractivity contribution in [2.45, 2.75) is 45.1 Å². The minimum atomic E-state index is -0.505. The van der Waals surface area contributed by atoms with Crippen LogP contribution in [0.1, 0.15) is 55.4 Å². The summed E-state index contributed by atoms with van der Waals surface area (Å²) in [4.78, 5) is 23.4. The predicted octanol–water partition coefficient (Wildman–Crippen LogP) is 3.45. The summed E-state index contributed by atoms with van der Waals surface area (Å²) in [6, 6.07) is 7.08. The fourth-order valence-corrected chi connectivity index (χ4v) is 1.82. The lowest BCUT2D eigenvalue weighted by Crippen LogP contribution is -2.29. The van der Waals surface area contributed by atoms with Gasteiger partial charge in [-0.1, -0.05) is 12.1 Å². The molecule has 0 aliphatic carbocycles. The Hall–Kier alpha value is -1.55. The first kappa shape index (κ1) is 17.5. The zero-order chi connectivity index (χ0) is 16.0.